The second-order valence-electron chi connectivity index (χ2n) is 5.69. The zero-order chi connectivity index (χ0) is 10.8. The Morgan fingerprint density at radius 1 is 1.43 bits per heavy atom. The van der Waals surface area contributed by atoms with Gasteiger partial charge in [0.05, 0.1) is 0 Å². The van der Waals surface area contributed by atoms with E-state index < -0.39 is 0 Å². The Kier molecular flexibility index (Phi) is 3.96. The van der Waals surface area contributed by atoms with E-state index in [0.29, 0.717) is 18.1 Å². The van der Waals surface area contributed by atoms with Crippen LogP contribution in [-0.4, -0.2) is 35.2 Å². The van der Waals surface area contributed by atoms with Gasteiger partial charge in [0.15, 0.2) is 0 Å². The van der Waals surface area contributed by atoms with Crippen LogP contribution in [0.15, 0.2) is 0 Å². The number of hydrogen-bond acceptors (Lipinski definition) is 2. The van der Waals surface area contributed by atoms with E-state index in [0.717, 1.165) is 12.3 Å². The molecule has 1 saturated heterocycles. The minimum absolute atomic E-state index is 0.337. The van der Waals surface area contributed by atoms with Crippen LogP contribution < -0.4 is 0 Å². The highest BCUT2D eigenvalue weighted by Gasteiger charge is 2.37. The SMILES string of the molecule is CC(C)CN1CC(CCO)CC1(C)C. The molecule has 0 amide bonds. The zero-order valence-corrected chi connectivity index (χ0v) is 10.1. The van der Waals surface area contributed by atoms with Crippen LogP contribution in [0.2, 0.25) is 0 Å². The highest BCUT2D eigenvalue weighted by atomic mass is 16.3. The lowest BCUT2D eigenvalue weighted by Gasteiger charge is -2.32. The fourth-order valence-electron chi connectivity index (χ4n) is 2.60. The van der Waals surface area contributed by atoms with Crippen LogP contribution in [0.5, 0.6) is 0 Å². The third kappa shape index (κ3) is 2.96. The summed E-state index contributed by atoms with van der Waals surface area (Å²) in [4.78, 5) is 2.58. The Bertz CT molecular complexity index is 177. The van der Waals surface area contributed by atoms with Crippen molar-refractivity contribution in [3.05, 3.63) is 0 Å². The summed E-state index contributed by atoms with van der Waals surface area (Å²) in [5, 5.41) is 8.95. The Labute approximate surface area is 88.3 Å². The predicted molar refractivity (Wildman–Crippen MR) is 60.3 cm³/mol. The van der Waals surface area contributed by atoms with Gasteiger partial charge in [-0.3, -0.25) is 4.90 Å². The average Bonchev–Trinajstić information content (AvgIpc) is 2.26. The number of aliphatic hydroxyl groups excluding tert-OH is 1. The quantitative estimate of drug-likeness (QED) is 0.749. The lowest BCUT2D eigenvalue weighted by atomic mass is 9.94. The smallest absolute Gasteiger partial charge is 0.0434 e. The van der Waals surface area contributed by atoms with Gasteiger partial charge in [-0.15, -0.1) is 0 Å². The van der Waals surface area contributed by atoms with Gasteiger partial charge in [-0.05, 0) is 38.5 Å². The largest absolute Gasteiger partial charge is 0.396 e. The third-order valence-electron chi connectivity index (χ3n) is 3.25. The molecule has 0 radical (unpaired) electrons. The molecule has 1 atom stereocenters. The van der Waals surface area contributed by atoms with E-state index in [1.165, 1.54) is 19.5 Å². The summed E-state index contributed by atoms with van der Waals surface area (Å²) in [5.74, 6) is 1.44. The number of rotatable bonds is 4. The molecule has 1 aliphatic heterocycles. The Hall–Kier alpha value is -0.0800. The predicted octanol–water partition coefficient (Wildman–Crippen LogP) is 2.13. The first-order valence-corrected chi connectivity index (χ1v) is 5.81. The topological polar surface area (TPSA) is 23.5 Å². The Balaban J connectivity index is 2.50. The number of nitrogens with zero attached hydrogens (tertiary/aromatic N) is 1. The number of likely N-dealkylation sites (tertiary alicyclic amines) is 1. The zero-order valence-electron chi connectivity index (χ0n) is 10.1. The molecule has 0 bridgehead atoms. The molecule has 0 aliphatic carbocycles. The molecule has 1 unspecified atom stereocenters. The van der Waals surface area contributed by atoms with E-state index >= 15 is 0 Å². The van der Waals surface area contributed by atoms with Crippen molar-refractivity contribution in [2.75, 3.05) is 19.7 Å². The van der Waals surface area contributed by atoms with Crippen LogP contribution in [0.1, 0.15) is 40.5 Å². The third-order valence-corrected chi connectivity index (χ3v) is 3.25. The molecular formula is C12H25NO. The highest BCUT2D eigenvalue weighted by molar-refractivity contribution is 4.92. The van der Waals surface area contributed by atoms with Crippen molar-refractivity contribution in [1.82, 2.24) is 4.90 Å². The van der Waals surface area contributed by atoms with Crippen LogP contribution in [0.25, 0.3) is 0 Å². The average molecular weight is 199 g/mol. The maximum Gasteiger partial charge on any atom is 0.0434 e. The van der Waals surface area contributed by atoms with Crippen LogP contribution >= 0.6 is 0 Å². The van der Waals surface area contributed by atoms with E-state index in [9.17, 15) is 0 Å². The summed E-state index contributed by atoms with van der Waals surface area (Å²) in [6.07, 6.45) is 2.21. The summed E-state index contributed by atoms with van der Waals surface area (Å²) in [5.41, 5.74) is 0.337. The normalized spacial score (nSPS) is 27.4. The standard InChI is InChI=1S/C12H25NO/c1-10(2)8-13-9-11(5-6-14)7-12(13,3)4/h10-11,14H,5-9H2,1-4H3. The van der Waals surface area contributed by atoms with Crippen molar-refractivity contribution in [2.45, 2.75) is 46.1 Å². The molecule has 0 spiro atoms. The van der Waals surface area contributed by atoms with Gasteiger partial charge in [-0.25, -0.2) is 0 Å². The Morgan fingerprint density at radius 2 is 2.07 bits per heavy atom. The first-order valence-electron chi connectivity index (χ1n) is 5.81. The van der Waals surface area contributed by atoms with Crippen molar-refractivity contribution in [1.29, 1.82) is 0 Å². The second-order valence-corrected chi connectivity index (χ2v) is 5.69. The van der Waals surface area contributed by atoms with Gasteiger partial charge in [-0.1, -0.05) is 13.8 Å². The molecule has 0 aromatic rings. The monoisotopic (exact) mass is 199 g/mol. The van der Waals surface area contributed by atoms with Crippen molar-refractivity contribution in [3.8, 4) is 0 Å². The molecule has 0 aromatic carbocycles. The minimum Gasteiger partial charge on any atom is -0.396 e. The summed E-state index contributed by atoms with van der Waals surface area (Å²) in [7, 11) is 0. The fourth-order valence-corrected chi connectivity index (χ4v) is 2.60. The van der Waals surface area contributed by atoms with E-state index in [-0.39, 0.29) is 0 Å². The molecule has 1 aliphatic rings. The van der Waals surface area contributed by atoms with Crippen LogP contribution in [0.3, 0.4) is 0 Å². The molecule has 1 fully saturated rings. The molecule has 1 N–H and O–H groups in total. The maximum absolute atomic E-state index is 8.95. The molecule has 1 heterocycles. The van der Waals surface area contributed by atoms with Gasteiger partial charge in [0, 0.05) is 25.2 Å². The van der Waals surface area contributed by atoms with Gasteiger partial charge in [0.25, 0.3) is 0 Å². The summed E-state index contributed by atoms with van der Waals surface area (Å²) in [6.45, 7) is 11.9. The van der Waals surface area contributed by atoms with E-state index in [1.807, 2.05) is 0 Å². The molecular weight excluding hydrogens is 174 g/mol. The second kappa shape index (κ2) is 4.63. The van der Waals surface area contributed by atoms with Crippen molar-refractivity contribution in [2.24, 2.45) is 11.8 Å². The van der Waals surface area contributed by atoms with Gasteiger partial charge in [0.2, 0.25) is 0 Å². The molecule has 14 heavy (non-hydrogen) atoms. The van der Waals surface area contributed by atoms with Gasteiger partial charge in [0.1, 0.15) is 0 Å². The number of hydrogen-bond donors (Lipinski definition) is 1. The first-order chi connectivity index (χ1) is 6.45. The molecule has 2 heteroatoms. The first kappa shape index (κ1) is 12.0. The van der Waals surface area contributed by atoms with E-state index in [1.54, 1.807) is 0 Å². The van der Waals surface area contributed by atoms with E-state index in [4.69, 9.17) is 5.11 Å². The van der Waals surface area contributed by atoms with Gasteiger partial charge < -0.3 is 5.11 Å². The maximum atomic E-state index is 8.95. The summed E-state index contributed by atoms with van der Waals surface area (Å²) in [6, 6.07) is 0. The number of aliphatic hydroxyl groups is 1. The highest BCUT2D eigenvalue weighted by Crippen LogP contribution is 2.34. The van der Waals surface area contributed by atoms with Crippen molar-refractivity contribution < 1.29 is 5.11 Å². The van der Waals surface area contributed by atoms with Crippen LogP contribution in [-0.2, 0) is 0 Å². The van der Waals surface area contributed by atoms with Crippen molar-refractivity contribution in [3.63, 3.8) is 0 Å². The van der Waals surface area contributed by atoms with E-state index in [2.05, 4.69) is 32.6 Å². The summed E-state index contributed by atoms with van der Waals surface area (Å²) >= 11 is 0. The van der Waals surface area contributed by atoms with Gasteiger partial charge in [-0.2, -0.15) is 0 Å². The molecule has 0 aromatic heterocycles. The lowest BCUT2D eigenvalue weighted by Crippen LogP contribution is -2.40. The Morgan fingerprint density at radius 3 is 2.57 bits per heavy atom. The fraction of sp³-hybridized carbons (Fsp3) is 1.00. The summed E-state index contributed by atoms with van der Waals surface area (Å²) < 4.78 is 0. The minimum atomic E-state index is 0.337. The molecule has 84 valence electrons. The lowest BCUT2D eigenvalue weighted by molar-refractivity contribution is 0.155. The van der Waals surface area contributed by atoms with Crippen molar-refractivity contribution >= 4 is 0 Å². The van der Waals surface area contributed by atoms with Gasteiger partial charge >= 0.3 is 0 Å². The molecule has 1 rings (SSSR count). The molecule has 2 nitrogen and oxygen atoms in total. The molecule has 0 saturated carbocycles. The van der Waals surface area contributed by atoms with Crippen LogP contribution in [0.4, 0.5) is 0 Å². The van der Waals surface area contributed by atoms with Crippen LogP contribution in [0, 0.1) is 11.8 Å².